The second-order valence-corrected chi connectivity index (χ2v) is 9.72. The van der Waals surface area contributed by atoms with Crippen LogP contribution in [0.4, 0.5) is 0 Å². The number of nitrogens with one attached hydrogen (secondary N) is 2. The molecule has 0 unspecified atom stereocenters. The molecule has 0 aromatic heterocycles. The lowest BCUT2D eigenvalue weighted by Gasteiger charge is -2.41. The van der Waals surface area contributed by atoms with Crippen LogP contribution >= 0.6 is 0 Å². The van der Waals surface area contributed by atoms with Crippen molar-refractivity contribution in [2.24, 2.45) is 11.3 Å². The highest BCUT2D eigenvalue weighted by atomic mass is 16.2. The van der Waals surface area contributed by atoms with Crippen LogP contribution in [0.2, 0.25) is 0 Å². The molecule has 8 heteroatoms. The van der Waals surface area contributed by atoms with Gasteiger partial charge in [-0.3, -0.25) is 19.2 Å². The van der Waals surface area contributed by atoms with Crippen LogP contribution in [-0.2, 0) is 14.4 Å². The molecular weight excluding hydrogens is 432 g/mol. The lowest BCUT2D eigenvalue weighted by atomic mass is 9.74. The van der Waals surface area contributed by atoms with Crippen LogP contribution in [-0.4, -0.2) is 72.2 Å². The molecule has 1 spiro atoms. The molecule has 0 aliphatic carbocycles. The number of carbonyl (C=O) groups excluding carboxylic acids is 4. The molecule has 2 fully saturated rings. The van der Waals surface area contributed by atoms with Gasteiger partial charge in [0.05, 0.1) is 12.0 Å². The van der Waals surface area contributed by atoms with Gasteiger partial charge in [0.25, 0.3) is 5.91 Å². The van der Waals surface area contributed by atoms with E-state index in [4.69, 9.17) is 0 Å². The Kier molecular flexibility index (Phi) is 7.34. The van der Waals surface area contributed by atoms with E-state index in [2.05, 4.69) is 22.8 Å². The lowest BCUT2D eigenvalue weighted by molar-refractivity contribution is -0.140. The summed E-state index contributed by atoms with van der Waals surface area (Å²) in [5.41, 5.74) is 0.0682. The van der Waals surface area contributed by atoms with E-state index < -0.39 is 5.41 Å². The zero-order valence-electron chi connectivity index (χ0n) is 19.8. The average Bonchev–Trinajstić information content (AvgIpc) is 2.85. The Morgan fingerprint density at radius 1 is 1.00 bits per heavy atom. The number of rotatable bonds is 1. The predicted molar refractivity (Wildman–Crippen MR) is 128 cm³/mol. The Labute approximate surface area is 200 Å². The number of hydrogen-bond acceptors (Lipinski definition) is 4. The van der Waals surface area contributed by atoms with Crippen molar-refractivity contribution in [1.29, 1.82) is 0 Å². The number of allylic oxidation sites excluding steroid dienone is 2. The summed E-state index contributed by atoms with van der Waals surface area (Å²) in [5, 5.41) is 5.94. The number of carbonyl (C=O) groups is 4. The average molecular weight is 467 g/mol. The van der Waals surface area contributed by atoms with Gasteiger partial charge in [-0.05, 0) is 44.2 Å². The zero-order chi connectivity index (χ0) is 24.1. The van der Waals surface area contributed by atoms with Gasteiger partial charge in [0.2, 0.25) is 17.7 Å². The summed E-state index contributed by atoms with van der Waals surface area (Å²) >= 11 is 0. The van der Waals surface area contributed by atoms with E-state index >= 15 is 0 Å². The van der Waals surface area contributed by atoms with Crippen molar-refractivity contribution in [3.63, 3.8) is 0 Å². The quantitative estimate of drug-likeness (QED) is 0.616. The second-order valence-electron chi connectivity index (χ2n) is 9.72. The van der Waals surface area contributed by atoms with E-state index in [-0.39, 0.29) is 42.1 Å². The first kappa shape index (κ1) is 24.0. The summed E-state index contributed by atoms with van der Waals surface area (Å²) in [4.78, 5) is 54.1. The van der Waals surface area contributed by atoms with Crippen molar-refractivity contribution in [2.45, 2.75) is 45.1 Å². The smallest absolute Gasteiger partial charge is 0.253 e. The zero-order valence-corrected chi connectivity index (χ0v) is 19.8. The molecule has 4 amide bonds. The van der Waals surface area contributed by atoms with Gasteiger partial charge < -0.3 is 20.4 Å². The fourth-order valence-corrected chi connectivity index (χ4v) is 5.37. The minimum absolute atomic E-state index is 0.0175. The third-order valence-corrected chi connectivity index (χ3v) is 7.56. The van der Waals surface area contributed by atoms with Crippen LogP contribution in [0.25, 0.3) is 0 Å². The van der Waals surface area contributed by atoms with Gasteiger partial charge in [0.1, 0.15) is 0 Å². The molecule has 8 nitrogen and oxygen atoms in total. The summed E-state index contributed by atoms with van der Waals surface area (Å²) in [5.74, 6) is -0.171. The molecule has 3 aliphatic rings. The summed E-state index contributed by atoms with van der Waals surface area (Å²) < 4.78 is 0. The number of piperidine rings is 2. The van der Waals surface area contributed by atoms with Crippen LogP contribution in [0.15, 0.2) is 42.5 Å². The first-order chi connectivity index (χ1) is 16.4. The number of hydrogen-bond donors (Lipinski definition) is 2. The largest absolute Gasteiger partial charge is 0.351 e. The van der Waals surface area contributed by atoms with Gasteiger partial charge in [-0.2, -0.15) is 0 Å². The van der Waals surface area contributed by atoms with Crippen LogP contribution in [0.5, 0.6) is 0 Å². The maximum Gasteiger partial charge on any atom is 0.253 e. The molecule has 1 aromatic rings. The van der Waals surface area contributed by atoms with Gasteiger partial charge in [-0.15, -0.1) is 0 Å². The van der Waals surface area contributed by atoms with Gasteiger partial charge in [-0.25, -0.2) is 0 Å². The highest BCUT2D eigenvalue weighted by molar-refractivity contribution is 5.94. The van der Waals surface area contributed by atoms with Crippen molar-refractivity contribution >= 4 is 23.6 Å². The van der Waals surface area contributed by atoms with Gasteiger partial charge in [0.15, 0.2) is 0 Å². The second kappa shape index (κ2) is 10.4. The number of fused-ring (bicyclic) bond motifs is 1. The minimum atomic E-state index is -0.608. The first-order valence-electron chi connectivity index (χ1n) is 12.2. The third-order valence-electron chi connectivity index (χ3n) is 7.56. The fraction of sp³-hybridized carbons (Fsp3) is 0.538. The molecule has 1 aromatic carbocycles. The van der Waals surface area contributed by atoms with Crippen molar-refractivity contribution in [1.82, 2.24) is 20.4 Å². The van der Waals surface area contributed by atoms with E-state index in [0.717, 1.165) is 6.42 Å². The molecule has 0 saturated carbocycles. The number of amides is 4. The molecule has 34 heavy (non-hydrogen) atoms. The van der Waals surface area contributed by atoms with Crippen molar-refractivity contribution < 1.29 is 19.2 Å². The normalized spacial score (nSPS) is 26.4. The Balaban J connectivity index is 1.47. The van der Waals surface area contributed by atoms with Gasteiger partial charge in [-0.1, -0.05) is 30.4 Å². The highest BCUT2D eigenvalue weighted by Crippen LogP contribution is 2.36. The SMILES string of the molecule is CC(=O)N1CCC2(C/C=C/C[C@H]3CN(C(=O)c4ccccc4)CC[C@H]3NC(=O)CNC2=O)CC1. The van der Waals surface area contributed by atoms with Gasteiger partial charge >= 0.3 is 0 Å². The van der Waals surface area contributed by atoms with E-state index in [1.807, 2.05) is 35.2 Å². The predicted octanol–water partition coefficient (Wildman–Crippen LogP) is 1.73. The highest BCUT2D eigenvalue weighted by Gasteiger charge is 2.41. The Hall–Kier alpha value is -3.16. The maximum atomic E-state index is 13.1. The summed E-state index contributed by atoms with van der Waals surface area (Å²) in [6.45, 7) is 3.75. The standard InChI is InChI=1S/C26H34N4O4/c1-19(31)29-15-12-26(13-16-29)11-6-5-9-21-18-30(24(33)20-7-3-2-4-8-20)14-10-22(21)28-23(32)17-27-25(26)34/h2-8,21-22H,9-18H2,1H3,(H,27,34)(H,28,32)/b6-5+/t21-,22+/m0/s1. The number of benzene rings is 1. The van der Waals surface area contributed by atoms with Crippen molar-refractivity contribution in [2.75, 3.05) is 32.7 Å². The van der Waals surface area contributed by atoms with Crippen LogP contribution < -0.4 is 10.6 Å². The lowest BCUT2D eigenvalue weighted by Crippen LogP contribution is -2.55. The summed E-state index contributed by atoms with van der Waals surface area (Å²) in [6.07, 6.45) is 7.31. The molecule has 0 radical (unpaired) electrons. The third kappa shape index (κ3) is 5.32. The summed E-state index contributed by atoms with van der Waals surface area (Å²) in [7, 11) is 0. The van der Waals surface area contributed by atoms with Gasteiger partial charge in [0, 0.05) is 50.6 Å². The molecule has 3 aliphatic heterocycles. The Bertz CT molecular complexity index is 953. The molecule has 2 saturated heterocycles. The Morgan fingerprint density at radius 2 is 1.74 bits per heavy atom. The molecule has 182 valence electrons. The topological polar surface area (TPSA) is 98.8 Å². The molecule has 3 heterocycles. The monoisotopic (exact) mass is 466 g/mol. The number of likely N-dealkylation sites (tertiary alicyclic amines) is 2. The van der Waals surface area contributed by atoms with E-state index in [1.54, 1.807) is 11.8 Å². The molecule has 2 N–H and O–H groups in total. The molecule has 4 rings (SSSR count). The van der Waals surface area contributed by atoms with Crippen LogP contribution in [0.1, 0.15) is 49.4 Å². The van der Waals surface area contributed by atoms with E-state index in [1.165, 1.54) is 0 Å². The fourth-order valence-electron chi connectivity index (χ4n) is 5.37. The van der Waals surface area contributed by atoms with Crippen molar-refractivity contribution in [3.05, 3.63) is 48.0 Å². The molecule has 2 atom stereocenters. The summed E-state index contributed by atoms with van der Waals surface area (Å²) in [6, 6.07) is 9.24. The first-order valence-corrected chi connectivity index (χ1v) is 12.2. The minimum Gasteiger partial charge on any atom is -0.351 e. The van der Waals surface area contributed by atoms with Crippen LogP contribution in [0.3, 0.4) is 0 Å². The van der Waals surface area contributed by atoms with E-state index in [0.29, 0.717) is 57.4 Å². The maximum absolute atomic E-state index is 13.1. The van der Waals surface area contributed by atoms with Crippen LogP contribution in [0, 0.1) is 11.3 Å². The number of nitrogens with zero attached hydrogens (tertiary/aromatic N) is 2. The van der Waals surface area contributed by atoms with E-state index in [9.17, 15) is 19.2 Å². The molecular formula is C26H34N4O4. The Morgan fingerprint density at radius 3 is 2.44 bits per heavy atom. The molecule has 0 bridgehead atoms. The van der Waals surface area contributed by atoms with Crippen molar-refractivity contribution in [3.8, 4) is 0 Å².